The lowest BCUT2D eigenvalue weighted by Crippen LogP contribution is -2.70. The largest absolute Gasteiger partial charge is 0.479 e. The highest BCUT2D eigenvalue weighted by molar-refractivity contribution is 5.79. The molecule has 7 fully saturated rings. The van der Waals surface area contributed by atoms with Crippen molar-refractivity contribution in [3.63, 3.8) is 0 Å². The maximum atomic E-state index is 14.7. The second-order valence-corrected chi connectivity index (χ2v) is 23.5. The predicted molar refractivity (Wildman–Crippen MR) is 234 cm³/mol. The average molecular weight is 989 g/mol. The van der Waals surface area contributed by atoms with Gasteiger partial charge in [-0.25, -0.2) is 4.79 Å². The number of hydrogen-bond donors (Lipinski definition) is 13. The zero-order valence-electron chi connectivity index (χ0n) is 40.2. The molecule has 0 amide bonds. The lowest BCUT2D eigenvalue weighted by Gasteiger charge is -2.72. The zero-order valence-corrected chi connectivity index (χ0v) is 40.2. The van der Waals surface area contributed by atoms with Crippen LogP contribution in [0, 0.1) is 50.2 Å². The van der Waals surface area contributed by atoms with Gasteiger partial charge < -0.3 is 94.8 Å². The molecule has 21 heteroatoms. The van der Waals surface area contributed by atoms with Crippen LogP contribution in [0.4, 0.5) is 0 Å². The Balaban J connectivity index is 1.05. The minimum Gasteiger partial charge on any atom is -0.479 e. The van der Waals surface area contributed by atoms with Gasteiger partial charge in [0.15, 0.2) is 18.7 Å². The Morgan fingerprint density at radius 3 is 1.88 bits per heavy atom. The third kappa shape index (κ3) is 8.25. The Morgan fingerprint density at radius 1 is 0.652 bits per heavy atom. The maximum Gasteiger partial charge on any atom is 0.335 e. The molecule has 8 rings (SSSR count). The van der Waals surface area contributed by atoms with Crippen LogP contribution in [-0.2, 0) is 38.0 Å². The molecule has 13 N–H and O–H groups in total. The molecule has 21 nitrogen and oxygen atoms in total. The number of ether oxygens (including phenoxy) is 6. The van der Waals surface area contributed by atoms with Crippen molar-refractivity contribution >= 4 is 11.9 Å². The molecule has 5 aliphatic carbocycles. The van der Waals surface area contributed by atoms with Crippen LogP contribution < -0.4 is 0 Å². The molecular formula is C48H76O21. The number of aliphatic hydroxyl groups is 12. The molecule has 3 saturated heterocycles. The van der Waals surface area contributed by atoms with Crippen molar-refractivity contribution < 1.29 is 104 Å². The molecule has 8 aliphatic rings. The van der Waals surface area contributed by atoms with Crippen LogP contribution in [0.25, 0.3) is 0 Å². The zero-order chi connectivity index (χ0) is 50.7. The number of carbonyl (C=O) groups excluding carboxylic acids is 1. The molecule has 0 aromatic heterocycles. The Labute approximate surface area is 400 Å². The van der Waals surface area contributed by atoms with Crippen molar-refractivity contribution in [2.45, 2.75) is 204 Å². The maximum absolute atomic E-state index is 14.7. The molecule has 69 heavy (non-hydrogen) atoms. The topological polar surface area (TPSA) is 353 Å². The number of rotatable bonds is 10. The summed E-state index contributed by atoms with van der Waals surface area (Å²) in [6, 6.07) is 0. The number of carboxylic acid groups (broad SMARTS) is 1. The van der Waals surface area contributed by atoms with Gasteiger partial charge in [-0.3, -0.25) is 4.79 Å². The van der Waals surface area contributed by atoms with E-state index < -0.39 is 158 Å². The smallest absolute Gasteiger partial charge is 0.335 e. The van der Waals surface area contributed by atoms with Gasteiger partial charge in [0.1, 0.15) is 67.1 Å². The number of carbonyl (C=O) groups is 2. The average Bonchev–Trinajstić information content (AvgIpc) is 3.29. The molecule has 0 spiro atoms. The Kier molecular flexibility index (Phi) is 14.5. The first kappa shape index (κ1) is 53.3. The van der Waals surface area contributed by atoms with Crippen molar-refractivity contribution in [2.75, 3.05) is 19.8 Å². The Morgan fingerprint density at radius 2 is 1.25 bits per heavy atom. The summed E-state index contributed by atoms with van der Waals surface area (Å²) in [5.74, 6) is -2.82. The first-order valence-corrected chi connectivity index (χ1v) is 24.6. The third-order valence-electron chi connectivity index (χ3n) is 19.4. The molecule has 0 aromatic rings. The van der Waals surface area contributed by atoms with Crippen LogP contribution in [-0.4, -0.2) is 202 Å². The van der Waals surface area contributed by atoms with Crippen LogP contribution in [0.3, 0.4) is 0 Å². The van der Waals surface area contributed by atoms with Gasteiger partial charge in [0.25, 0.3) is 0 Å². The van der Waals surface area contributed by atoms with Crippen molar-refractivity contribution in [1.82, 2.24) is 0 Å². The predicted octanol–water partition coefficient (Wildman–Crippen LogP) is -1.82. The first-order valence-electron chi connectivity index (χ1n) is 24.6. The summed E-state index contributed by atoms with van der Waals surface area (Å²) >= 11 is 0. The van der Waals surface area contributed by atoms with Crippen molar-refractivity contribution in [3.8, 4) is 0 Å². The van der Waals surface area contributed by atoms with Gasteiger partial charge in [0.2, 0.25) is 6.29 Å². The van der Waals surface area contributed by atoms with Gasteiger partial charge in [-0.2, -0.15) is 0 Å². The van der Waals surface area contributed by atoms with E-state index in [1.807, 2.05) is 6.92 Å². The number of fused-ring (bicyclic) bond motifs is 7. The molecule has 0 radical (unpaired) electrons. The van der Waals surface area contributed by atoms with Gasteiger partial charge in [-0.05, 0) is 97.2 Å². The number of allylic oxidation sites excluding steroid dienone is 2. The highest BCUT2D eigenvalue weighted by atomic mass is 16.7. The van der Waals surface area contributed by atoms with Crippen LogP contribution >= 0.6 is 0 Å². The van der Waals surface area contributed by atoms with Crippen molar-refractivity contribution in [1.29, 1.82) is 0 Å². The summed E-state index contributed by atoms with van der Waals surface area (Å²) in [6.07, 6.45) is -21.9. The molecule has 3 heterocycles. The number of aliphatic hydroxyl groups excluding tert-OH is 12. The van der Waals surface area contributed by atoms with Crippen LogP contribution in [0.15, 0.2) is 11.6 Å². The Hall–Kier alpha value is -2.00. The van der Waals surface area contributed by atoms with E-state index in [0.29, 0.717) is 44.9 Å². The van der Waals surface area contributed by atoms with E-state index in [4.69, 9.17) is 28.4 Å². The van der Waals surface area contributed by atoms with E-state index in [-0.39, 0.29) is 35.0 Å². The van der Waals surface area contributed by atoms with Crippen molar-refractivity contribution in [3.05, 3.63) is 11.6 Å². The molecule has 0 bridgehead atoms. The molecule has 4 saturated carbocycles. The minimum absolute atomic E-state index is 0.0437. The van der Waals surface area contributed by atoms with Gasteiger partial charge in [-0.1, -0.05) is 53.2 Å². The van der Waals surface area contributed by atoms with Crippen LogP contribution in [0.5, 0.6) is 0 Å². The summed E-state index contributed by atoms with van der Waals surface area (Å²) in [4.78, 5) is 26.5. The van der Waals surface area contributed by atoms with Crippen LogP contribution in [0.1, 0.15) is 99.3 Å². The fourth-order valence-electron chi connectivity index (χ4n) is 15.2. The number of aliphatic carboxylic acids is 1. The molecule has 394 valence electrons. The van der Waals surface area contributed by atoms with Crippen LogP contribution in [0.2, 0.25) is 0 Å². The lowest BCUT2D eigenvalue weighted by atomic mass is 9.33. The summed E-state index contributed by atoms with van der Waals surface area (Å²) in [6.45, 7) is 10.9. The highest BCUT2D eigenvalue weighted by Gasteiger charge is 2.71. The molecule has 0 unspecified atom stereocenters. The Bertz CT molecular complexity index is 1930. The summed E-state index contributed by atoms with van der Waals surface area (Å²) < 4.78 is 34.9. The van der Waals surface area contributed by atoms with E-state index in [1.54, 1.807) is 0 Å². The fraction of sp³-hybridized carbons (Fsp3) is 0.917. The fourth-order valence-corrected chi connectivity index (χ4v) is 15.2. The SMILES string of the molecule is CC1(C)CC[C@]2(C(=O)O[C@@H]3O[C@H](CO)[C@@H](O)[C@H](O)[C@H]3O)CC[C@]3(C)C(=CC[C@@H]4[C@@]5(C)C[C@H](O)[C@H](O[C@@H]6O[C@H](CO)[C@H](O)[C@H](O[C@@H]7O[C@H](C(=O)O)[C@@H](O)[C@H](O)[C@H]7O)[C@H]6O)[C@@](C)(CO)[C@@H]5CC[C@]43C)[C@@H]2C1. The van der Waals surface area contributed by atoms with Gasteiger partial charge >= 0.3 is 11.9 Å². The lowest BCUT2D eigenvalue weighted by molar-refractivity contribution is -0.373. The molecular weight excluding hydrogens is 913 g/mol. The number of esters is 1. The molecule has 3 aliphatic heterocycles. The quantitative estimate of drug-likeness (QED) is 0.0651. The van der Waals surface area contributed by atoms with Crippen molar-refractivity contribution in [2.24, 2.45) is 50.2 Å². The van der Waals surface area contributed by atoms with E-state index in [0.717, 1.165) is 12.0 Å². The normalized spacial score (nSPS) is 53.9. The third-order valence-corrected chi connectivity index (χ3v) is 19.4. The summed E-state index contributed by atoms with van der Waals surface area (Å²) in [5, 5.41) is 139. The van der Waals surface area contributed by atoms with Gasteiger partial charge in [0, 0.05) is 5.41 Å². The monoisotopic (exact) mass is 988 g/mol. The molecule has 0 aromatic carbocycles. The van der Waals surface area contributed by atoms with Gasteiger partial charge in [0.05, 0.1) is 37.4 Å². The van der Waals surface area contributed by atoms with E-state index in [1.165, 1.54) is 0 Å². The number of hydrogen-bond acceptors (Lipinski definition) is 20. The minimum atomic E-state index is -2.05. The standard InChI is InChI=1S/C48H76O21/c1-43(2)11-13-48(42(63)69-39-32(58)29(55)27(53)23(17-49)64-39)14-12-46(5)20(21(48)15-43)7-8-26-44(3)16-22(52)37(45(4,19-51)25(44)9-10-47(26,46)6)68-41-34(60)35(28(54)24(18-50)65-41)66-40-33(59)30(56)31(57)36(67-40)38(61)62/h7,21-37,39-41,49-60H,8-19H2,1-6H3,(H,61,62)/t21-,22-,23+,24+,25+,26+,27+,28-,29-,30-,31-,32+,33+,34+,35-,36-,37-,39-,40+,41-,44-,45-,46+,47+,48-/m0/s1. The summed E-state index contributed by atoms with van der Waals surface area (Å²) in [7, 11) is 0. The van der Waals surface area contributed by atoms with Gasteiger partial charge in [-0.15, -0.1) is 0 Å². The van der Waals surface area contributed by atoms with E-state index in [2.05, 4.69) is 40.7 Å². The van der Waals surface area contributed by atoms with E-state index in [9.17, 15) is 76.0 Å². The first-order chi connectivity index (χ1) is 32.2. The number of carboxylic acids is 1. The molecule has 25 atom stereocenters. The second-order valence-electron chi connectivity index (χ2n) is 23.5. The highest BCUT2D eigenvalue weighted by Crippen LogP contribution is 2.76. The van der Waals surface area contributed by atoms with E-state index >= 15 is 0 Å². The second kappa shape index (κ2) is 18.7. The summed E-state index contributed by atoms with van der Waals surface area (Å²) in [5.41, 5.74) is -2.57.